The van der Waals surface area contributed by atoms with Gasteiger partial charge in [0.1, 0.15) is 11.5 Å². The van der Waals surface area contributed by atoms with Crippen molar-refractivity contribution in [2.24, 2.45) is 0 Å². The van der Waals surface area contributed by atoms with Crippen LogP contribution in [0.1, 0.15) is 34.7 Å². The van der Waals surface area contributed by atoms with Crippen LogP contribution in [-0.2, 0) is 22.5 Å². The van der Waals surface area contributed by atoms with Crippen molar-refractivity contribution in [3.8, 4) is 23.0 Å². The maximum atomic E-state index is 13.6. The quantitative estimate of drug-likeness (QED) is 0.489. The van der Waals surface area contributed by atoms with Crippen LogP contribution in [-0.4, -0.2) is 34.7 Å². The molecule has 0 unspecified atom stereocenters. The van der Waals surface area contributed by atoms with Crippen molar-refractivity contribution < 1.29 is 29.2 Å². The van der Waals surface area contributed by atoms with E-state index in [1.54, 1.807) is 47.9 Å². The van der Waals surface area contributed by atoms with Crippen molar-refractivity contribution in [3.05, 3.63) is 80.2 Å². The van der Waals surface area contributed by atoms with Gasteiger partial charge < -0.3 is 29.0 Å². The number of nitrogens with zero attached hydrogens (tertiary/aromatic N) is 1. The first-order valence-electron chi connectivity index (χ1n) is 10.7. The molecule has 34 heavy (non-hydrogen) atoms. The first kappa shape index (κ1) is 23.5. The second kappa shape index (κ2) is 9.69. The van der Waals surface area contributed by atoms with Gasteiger partial charge in [-0.25, -0.2) is 0 Å². The van der Waals surface area contributed by atoms with Gasteiger partial charge in [-0.3, -0.25) is 9.59 Å². The molecule has 0 spiro atoms. The molecule has 0 radical (unpaired) electrons. The molecule has 0 fully saturated rings. The average molecular weight is 486 g/mol. The highest BCUT2D eigenvalue weighted by molar-refractivity contribution is 6.32. The fourth-order valence-corrected chi connectivity index (χ4v) is 4.38. The van der Waals surface area contributed by atoms with Crippen molar-refractivity contribution in [1.29, 1.82) is 0 Å². The normalized spacial score (nSPS) is 13.0. The van der Waals surface area contributed by atoms with E-state index < -0.39 is 17.4 Å². The highest BCUT2D eigenvalue weighted by atomic mass is 35.5. The van der Waals surface area contributed by atoms with Crippen molar-refractivity contribution in [2.45, 2.75) is 32.2 Å². The Balaban J connectivity index is 1.77. The fourth-order valence-electron chi connectivity index (χ4n) is 4.10. The summed E-state index contributed by atoms with van der Waals surface area (Å²) in [5, 5.41) is 20.6. The zero-order chi connectivity index (χ0) is 24.4. The Morgan fingerprint density at radius 3 is 2.62 bits per heavy atom. The highest BCUT2D eigenvalue weighted by Gasteiger charge is 2.29. The summed E-state index contributed by atoms with van der Waals surface area (Å²) in [6.45, 7) is 2.09. The van der Waals surface area contributed by atoms with Crippen LogP contribution < -0.4 is 15.0 Å². The third-order valence-electron chi connectivity index (χ3n) is 5.88. The van der Waals surface area contributed by atoms with Gasteiger partial charge in [-0.05, 0) is 54.8 Å². The fraction of sp³-hybridized carbons (Fsp3) is 0.280. The molecule has 1 aliphatic rings. The SMILES string of the molecule is COC(=O)C[C@@H](c1cc(Cl)c2c(c1)OCO2)c1c(O)cc(C)n(CCc2ccc(O)cc2)c1=O. The maximum Gasteiger partial charge on any atom is 0.306 e. The minimum absolute atomic E-state index is 0.0139. The largest absolute Gasteiger partial charge is 0.508 e. The number of esters is 1. The molecule has 9 heteroatoms. The zero-order valence-electron chi connectivity index (χ0n) is 18.7. The van der Waals surface area contributed by atoms with Crippen LogP contribution in [0.25, 0.3) is 0 Å². The number of rotatable bonds is 7. The molecule has 2 aromatic carbocycles. The van der Waals surface area contributed by atoms with Gasteiger partial charge in [-0.15, -0.1) is 0 Å². The molecule has 0 amide bonds. The molecule has 178 valence electrons. The summed E-state index contributed by atoms with van der Waals surface area (Å²) in [5.41, 5.74) is 1.68. The minimum Gasteiger partial charge on any atom is -0.508 e. The van der Waals surface area contributed by atoms with E-state index in [1.165, 1.54) is 13.2 Å². The van der Waals surface area contributed by atoms with Crippen LogP contribution in [0.3, 0.4) is 0 Å². The number of methoxy groups -OCH3 is 1. The molecular weight excluding hydrogens is 462 g/mol. The molecular formula is C25H24ClNO7. The van der Waals surface area contributed by atoms with E-state index in [4.69, 9.17) is 25.8 Å². The smallest absolute Gasteiger partial charge is 0.306 e. The summed E-state index contributed by atoms with van der Waals surface area (Å²) in [6.07, 6.45) is 0.346. The number of pyridine rings is 1. The maximum absolute atomic E-state index is 13.6. The summed E-state index contributed by atoms with van der Waals surface area (Å²) < 4.78 is 17.2. The zero-order valence-corrected chi connectivity index (χ0v) is 19.5. The molecule has 0 aliphatic carbocycles. The van der Waals surface area contributed by atoms with Crippen molar-refractivity contribution in [1.82, 2.24) is 4.57 Å². The molecule has 1 aromatic heterocycles. The van der Waals surface area contributed by atoms with Gasteiger partial charge in [0.15, 0.2) is 11.5 Å². The van der Waals surface area contributed by atoms with Gasteiger partial charge >= 0.3 is 5.97 Å². The van der Waals surface area contributed by atoms with Crippen LogP contribution in [0.15, 0.2) is 47.3 Å². The molecule has 8 nitrogen and oxygen atoms in total. The molecule has 4 rings (SSSR count). The van der Waals surface area contributed by atoms with E-state index in [0.29, 0.717) is 35.7 Å². The summed E-state index contributed by atoms with van der Waals surface area (Å²) in [4.78, 5) is 25.9. The van der Waals surface area contributed by atoms with Crippen molar-refractivity contribution >= 4 is 17.6 Å². The van der Waals surface area contributed by atoms with E-state index in [1.807, 2.05) is 0 Å². The first-order chi connectivity index (χ1) is 16.3. The van der Waals surface area contributed by atoms with Gasteiger partial charge in [0.05, 0.1) is 24.1 Å². The van der Waals surface area contributed by atoms with Crippen molar-refractivity contribution in [2.75, 3.05) is 13.9 Å². The number of hydrogen-bond acceptors (Lipinski definition) is 7. The second-order valence-electron chi connectivity index (χ2n) is 8.03. The van der Waals surface area contributed by atoms with Gasteiger partial charge in [0.25, 0.3) is 5.56 Å². The molecule has 1 atom stereocenters. The Bertz CT molecular complexity index is 1280. The Hall–Kier alpha value is -3.65. The monoisotopic (exact) mass is 485 g/mol. The van der Waals surface area contributed by atoms with Crippen LogP contribution in [0.4, 0.5) is 0 Å². The van der Waals surface area contributed by atoms with Gasteiger partial charge in [-0.1, -0.05) is 23.7 Å². The molecule has 0 saturated heterocycles. The number of phenolic OH excluding ortho intramolecular Hbond substituents is 1. The van der Waals surface area contributed by atoms with Crippen LogP contribution in [0.5, 0.6) is 23.0 Å². The number of carbonyl (C=O) groups excluding carboxylic acids is 1. The number of ether oxygens (including phenoxy) is 3. The Morgan fingerprint density at radius 2 is 1.91 bits per heavy atom. The molecule has 0 saturated carbocycles. The molecule has 0 bridgehead atoms. The lowest BCUT2D eigenvalue weighted by Crippen LogP contribution is -2.29. The summed E-state index contributed by atoms with van der Waals surface area (Å²) >= 11 is 6.36. The number of benzene rings is 2. The Morgan fingerprint density at radius 1 is 1.18 bits per heavy atom. The number of aromatic nitrogens is 1. The van der Waals surface area contributed by atoms with Crippen molar-refractivity contribution in [3.63, 3.8) is 0 Å². The molecule has 2 heterocycles. The number of hydrogen-bond donors (Lipinski definition) is 2. The number of aryl methyl sites for hydroxylation is 2. The van der Waals surface area contributed by atoms with Crippen LogP contribution >= 0.6 is 11.6 Å². The summed E-state index contributed by atoms with van der Waals surface area (Å²) in [6, 6.07) is 11.5. The average Bonchev–Trinajstić information content (AvgIpc) is 3.28. The molecule has 2 N–H and O–H groups in total. The molecule has 3 aromatic rings. The summed E-state index contributed by atoms with van der Waals surface area (Å²) in [5.74, 6) is -0.636. The Labute approximate surface area is 200 Å². The van der Waals surface area contributed by atoms with E-state index >= 15 is 0 Å². The van der Waals surface area contributed by atoms with Gasteiger partial charge in [0, 0.05) is 18.2 Å². The highest BCUT2D eigenvalue weighted by Crippen LogP contribution is 2.43. The lowest BCUT2D eigenvalue weighted by Gasteiger charge is -2.21. The lowest BCUT2D eigenvalue weighted by molar-refractivity contribution is -0.140. The second-order valence-corrected chi connectivity index (χ2v) is 8.43. The summed E-state index contributed by atoms with van der Waals surface area (Å²) in [7, 11) is 1.26. The predicted octanol–water partition coefficient (Wildman–Crippen LogP) is 3.89. The third-order valence-corrected chi connectivity index (χ3v) is 6.16. The third kappa shape index (κ3) is 4.68. The number of fused-ring (bicyclic) bond motifs is 1. The van der Waals surface area contributed by atoms with E-state index in [2.05, 4.69) is 0 Å². The van der Waals surface area contributed by atoms with E-state index in [0.717, 1.165) is 5.56 Å². The lowest BCUT2D eigenvalue weighted by atomic mass is 9.88. The number of halogens is 1. The molecule has 1 aliphatic heterocycles. The standard InChI is InChI=1S/C25H24ClNO7/c1-14-9-20(29)23(25(31)27(14)8-7-15-3-5-17(28)6-4-15)18(12-22(30)32-2)16-10-19(26)24-21(11-16)33-13-34-24/h3-6,9-11,18,28-29H,7-8,12-13H2,1-2H3/t18-/m0/s1. The van der Waals surface area contributed by atoms with E-state index in [-0.39, 0.29) is 35.3 Å². The minimum atomic E-state index is -0.826. The topological polar surface area (TPSA) is 107 Å². The first-order valence-corrected chi connectivity index (χ1v) is 11.0. The van der Waals surface area contributed by atoms with Crippen LogP contribution in [0, 0.1) is 6.92 Å². The van der Waals surface area contributed by atoms with Gasteiger partial charge in [-0.2, -0.15) is 0 Å². The number of phenols is 1. The van der Waals surface area contributed by atoms with E-state index in [9.17, 15) is 19.8 Å². The Kier molecular flexibility index (Phi) is 6.70. The number of carbonyl (C=O) groups is 1. The van der Waals surface area contributed by atoms with Crippen LogP contribution in [0.2, 0.25) is 5.02 Å². The number of aromatic hydroxyl groups is 2. The van der Waals surface area contributed by atoms with Gasteiger partial charge in [0.2, 0.25) is 6.79 Å². The predicted molar refractivity (Wildman–Crippen MR) is 125 cm³/mol.